The molecule has 108 valence electrons. The van der Waals surface area contributed by atoms with Crippen LogP contribution in [0.15, 0.2) is 0 Å². The third-order valence-electron chi connectivity index (χ3n) is 3.74. The van der Waals surface area contributed by atoms with Gasteiger partial charge in [0.15, 0.2) is 0 Å². The molecule has 2 unspecified atom stereocenters. The Morgan fingerprint density at radius 1 is 1.06 bits per heavy atom. The molecule has 0 radical (unpaired) electrons. The Kier molecular flexibility index (Phi) is 9.90. The van der Waals surface area contributed by atoms with Crippen LogP contribution in [-0.4, -0.2) is 22.0 Å². The van der Waals surface area contributed by atoms with Gasteiger partial charge in [0.05, 0.1) is 0 Å². The summed E-state index contributed by atoms with van der Waals surface area (Å²) in [5.74, 6) is 0. The van der Waals surface area contributed by atoms with Gasteiger partial charge in [-0.05, 0) is 32.2 Å². The van der Waals surface area contributed by atoms with Gasteiger partial charge in [-0.15, -0.1) is 0 Å². The first kappa shape index (κ1) is 16.2. The van der Waals surface area contributed by atoms with Gasteiger partial charge >= 0.3 is 9.28 Å². The van der Waals surface area contributed by atoms with Crippen molar-refractivity contribution in [2.75, 3.05) is 6.61 Å². The van der Waals surface area contributed by atoms with Gasteiger partial charge in [0.2, 0.25) is 0 Å². The molecule has 1 rings (SSSR count). The molecule has 0 aliphatic carbocycles. The van der Waals surface area contributed by atoms with Crippen molar-refractivity contribution >= 4 is 9.28 Å². The first-order valence-corrected chi connectivity index (χ1v) is 9.86. The molecule has 0 aromatic carbocycles. The summed E-state index contributed by atoms with van der Waals surface area (Å²) in [5, 5.41) is 0. The average Bonchev–Trinajstić information content (AvgIpc) is 2.39. The second kappa shape index (κ2) is 11.0. The van der Waals surface area contributed by atoms with Crippen LogP contribution in [0, 0.1) is 0 Å². The van der Waals surface area contributed by atoms with Crippen molar-refractivity contribution < 1.29 is 8.85 Å². The first-order valence-electron chi connectivity index (χ1n) is 8.10. The Bertz CT molecular complexity index is 181. The molecule has 1 fully saturated rings. The van der Waals surface area contributed by atoms with Crippen LogP contribution in [-0.2, 0) is 8.85 Å². The van der Waals surface area contributed by atoms with Crippen LogP contribution in [0.2, 0.25) is 6.04 Å². The number of rotatable bonds is 10. The summed E-state index contributed by atoms with van der Waals surface area (Å²) in [7, 11) is -1.26. The van der Waals surface area contributed by atoms with Gasteiger partial charge in [0.25, 0.3) is 0 Å². The number of unbranched alkanes of at least 4 members (excludes halogenated alkanes) is 6. The van der Waals surface area contributed by atoms with Crippen LogP contribution < -0.4 is 0 Å². The summed E-state index contributed by atoms with van der Waals surface area (Å²) in [4.78, 5) is 0. The highest BCUT2D eigenvalue weighted by Crippen LogP contribution is 2.16. The third kappa shape index (κ3) is 8.28. The lowest BCUT2D eigenvalue weighted by atomic mass is 10.1. The van der Waals surface area contributed by atoms with Crippen LogP contribution in [0.25, 0.3) is 0 Å². The average molecular weight is 273 g/mol. The van der Waals surface area contributed by atoms with E-state index in [1.807, 2.05) is 0 Å². The van der Waals surface area contributed by atoms with E-state index in [0.717, 1.165) is 6.61 Å². The van der Waals surface area contributed by atoms with Crippen LogP contribution in [0.1, 0.15) is 78.1 Å². The monoisotopic (exact) mass is 272 g/mol. The van der Waals surface area contributed by atoms with Crippen molar-refractivity contribution in [1.82, 2.24) is 0 Å². The molecule has 1 aliphatic heterocycles. The molecule has 2 nitrogen and oxygen atoms in total. The summed E-state index contributed by atoms with van der Waals surface area (Å²) >= 11 is 0. The van der Waals surface area contributed by atoms with Crippen LogP contribution in [0.3, 0.4) is 0 Å². The molecule has 0 N–H and O–H groups in total. The maximum atomic E-state index is 6.05. The van der Waals surface area contributed by atoms with Gasteiger partial charge in [-0.2, -0.15) is 0 Å². The van der Waals surface area contributed by atoms with Crippen LogP contribution in [0.4, 0.5) is 0 Å². The molecule has 0 aromatic rings. The lowest BCUT2D eigenvalue weighted by molar-refractivity contribution is 0.126. The fraction of sp³-hybridized carbons (Fsp3) is 1.00. The molecule has 0 spiro atoms. The minimum Gasteiger partial charge on any atom is -0.397 e. The topological polar surface area (TPSA) is 18.5 Å². The minimum atomic E-state index is -1.26. The summed E-state index contributed by atoms with van der Waals surface area (Å²) in [6.45, 7) is 5.44. The number of hydrogen-bond acceptors (Lipinski definition) is 2. The van der Waals surface area contributed by atoms with E-state index in [2.05, 4.69) is 13.8 Å². The summed E-state index contributed by atoms with van der Waals surface area (Å²) in [5.41, 5.74) is 0. The third-order valence-corrected chi connectivity index (χ3v) is 5.99. The maximum Gasteiger partial charge on any atom is 0.321 e. The fourth-order valence-electron chi connectivity index (χ4n) is 2.53. The van der Waals surface area contributed by atoms with E-state index in [0.29, 0.717) is 6.10 Å². The zero-order valence-electron chi connectivity index (χ0n) is 12.5. The molecule has 1 saturated heterocycles. The van der Waals surface area contributed by atoms with Crippen LogP contribution >= 0.6 is 0 Å². The molecular formula is C15H32O2Si. The van der Waals surface area contributed by atoms with E-state index in [1.165, 1.54) is 70.3 Å². The van der Waals surface area contributed by atoms with Gasteiger partial charge in [0.1, 0.15) is 0 Å². The van der Waals surface area contributed by atoms with E-state index >= 15 is 0 Å². The summed E-state index contributed by atoms with van der Waals surface area (Å²) < 4.78 is 11.8. The smallest absolute Gasteiger partial charge is 0.321 e. The summed E-state index contributed by atoms with van der Waals surface area (Å²) in [6, 6.07) is 1.22. The quantitative estimate of drug-likeness (QED) is 0.428. The van der Waals surface area contributed by atoms with Crippen molar-refractivity contribution in [2.24, 2.45) is 0 Å². The van der Waals surface area contributed by atoms with Gasteiger partial charge in [-0.1, -0.05) is 51.9 Å². The Balaban J connectivity index is 1.88. The lowest BCUT2D eigenvalue weighted by Crippen LogP contribution is -2.30. The highest BCUT2D eigenvalue weighted by Gasteiger charge is 2.19. The second-order valence-corrected chi connectivity index (χ2v) is 7.69. The van der Waals surface area contributed by atoms with E-state index in [-0.39, 0.29) is 0 Å². The van der Waals surface area contributed by atoms with Crippen LogP contribution in [0.5, 0.6) is 0 Å². The Labute approximate surface area is 115 Å². The van der Waals surface area contributed by atoms with Crippen molar-refractivity contribution in [2.45, 2.75) is 90.2 Å². The Morgan fingerprint density at radius 2 is 1.78 bits per heavy atom. The molecule has 0 saturated carbocycles. The zero-order valence-corrected chi connectivity index (χ0v) is 13.6. The molecule has 0 amide bonds. The highest BCUT2D eigenvalue weighted by atomic mass is 28.3. The van der Waals surface area contributed by atoms with Gasteiger partial charge in [-0.3, -0.25) is 0 Å². The Morgan fingerprint density at radius 3 is 2.44 bits per heavy atom. The fourth-order valence-corrected chi connectivity index (χ4v) is 4.62. The molecule has 2 atom stereocenters. The predicted octanol–water partition coefficient (Wildman–Crippen LogP) is 4.56. The van der Waals surface area contributed by atoms with Crippen molar-refractivity contribution in [1.29, 1.82) is 0 Å². The largest absolute Gasteiger partial charge is 0.397 e. The van der Waals surface area contributed by atoms with E-state index in [4.69, 9.17) is 8.85 Å². The molecule has 1 aliphatic rings. The van der Waals surface area contributed by atoms with Crippen molar-refractivity contribution in [3.63, 3.8) is 0 Å². The predicted molar refractivity (Wildman–Crippen MR) is 80.3 cm³/mol. The highest BCUT2D eigenvalue weighted by molar-refractivity contribution is 6.44. The molecule has 18 heavy (non-hydrogen) atoms. The molecule has 1 heterocycles. The molecule has 0 bridgehead atoms. The molecular weight excluding hydrogens is 240 g/mol. The maximum absolute atomic E-state index is 6.05. The Hall–Kier alpha value is 0.137. The minimum absolute atomic E-state index is 0.426. The van der Waals surface area contributed by atoms with Crippen molar-refractivity contribution in [3.05, 3.63) is 0 Å². The standard InChI is InChI=1S/C15H32O2Si/c1-3-4-5-6-7-8-9-12-15(2)17-18-14-11-10-13-16-18/h15,18H,3-14H2,1-2H3. The SMILES string of the molecule is CCCCCCCCCC(C)O[SiH]1CCCCO1. The first-order chi connectivity index (χ1) is 8.83. The van der Waals surface area contributed by atoms with Crippen molar-refractivity contribution in [3.8, 4) is 0 Å². The summed E-state index contributed by atoms with van der Waals surface area (Å²) in [6.07, 6.45) is 13.9. The molecule has 3 heteroatoms. The normalized spacial score (nSPS) is 22.0. The van der Waals surface area contributed by atoms with E-state index in [1.54, 1.807) is 0 Å². The lowest BCUT2D eigenvalue weighted by Gasteiger charge is -2.24. The van der Waals surface area contributed by atoms with Gasteiger partial charge < -0.3 is 8.85 Å². The van der Waals surface area contributed by atoms with E-state index < -0.39 is 9.28 Å². The zero-order chi connectivity index (χ0) is 13.1. The van der Waals surface area contributed by atoms with Gasteiger partial charge in [0, 0.05) is 12.7 Å². The van der Waals surface area contributed by atoms with Gasteiger partial charge in [-0.25, -0.2) is 0 Å². The van der Waals surface area contributed by atoms with E-state index in [9.17, 15) is 0 Å². The second-order valence-electron chi connectivity index (χ2n) is 5.65. The number of hydrogen-bond donors (Lipinski definition) is 0. The molecule has 0 aromatic heterocycles.